The fraction of sp³-hybridized carbons (Fsp3) is 0.200. The number of nitriles is 1. The molecule has 0 aliphatic carbocycles. The van der Waals surface area contributed by atoms with E-state index in [9.17, 15) is 4.79 Å². The summed E-state index contributed by atoms with van der Waals surface area (Å²) >= 11 is 3.21. The molecule has 5 heteroatoms. The first-order valence-corrected chi connectivity index (χ1v) is 4.79. The quantitative estimate of drug-likeness (QED) is 0.772. The Morgan fingerprint density at radius 1 is 1.47 bits per heavy atom. The zero-order valence-corrected chi connectivity index (χ0v) is 9.79. The molecule has 0 aliphatic heterocycles. The molecule has 0 amide bonds. The summed E-state index contributed by atoms with van der Waals surface area (Å²) in [6.45, 7) is 0. The van der Waals surface area contributed by atoms with Crippen molar-refractivity contribution in [2.45, 2.75) is 0 Å². The van der Waals surface area contributed by atoms with Crippen LogP contribution in [0.15, 0.2) is 16.6 Å². The van der Waals surface area contributed by atoms with Crippen molar-refractivity contribution in [2.75, 3.05) is 14.2 Å². The minimum atomic E-state index is -0.491. The summed E-state index contributed by atoms with van der Waals surface area (Å²) in [6, 6.07) is 4.92. The molecule has 0 aromatic heterocycles. The van der Waals surface area contributed by atoms with Crippen molar-refractivity contribution in [3.63, 3.8) is 0 Å². The summed E-state index contributed by atoms with van der Waals surface area (Å²) < 4.78 is 10.1. The van der Waals surface area contributed by atoms with Crippen molar-refractivity contribution in [3.8, 4) is 11.8 Å². The molecule has 15 heavy (non-hydrogen) atoms. The Balaban J connectivity index is 3.33. The van der Waals surface area contributed by atoms with Gasteiger partial charge in [0.25, 0.3) is 0 Å². The van der Waals surface area contributed by atoms with Gasteiger partial charge >= 0.3 is 5.97 Å². The molecule has 0 N–H and O–H groups in total. The van der Waals surface area contributed by atoms with Crippen molar-refractivity contribution >= 4 is 21.9 Å². The number of benzene rings is 1. The third-order valence-electron chi connectivity index (χ3n) is 1.79. The first-order chi connectivity index (χ1) is 7.13. The van der Waals surface area contributed by atoms with E-state index in [1.54, 1.807) is 6.07 Å². The first kappa shape index (κ1) is 11.5. The molecule has 1 aromatic carbocycles. The molecule has 0 aliphatic rings. The largest absolute Gasteiger partial charge is 0.494 e. The van der Waals surface area contributed by atoms with Crippen LogP contribution in [0.2, 0.25) is 0 Å². The SMILES string of the molecule is COC(=O)c1cc(Br)c(OC)c(C#N)c1. The maximum atomic E-state index is 11.2. The Bertz CT molecular complexity index is 437. The van der Waals surface area contributed by atoms with Gasteiger partial charge in [0.1, 0.15) is 6.07 Å². The summed E-state index contributed by atoms with van der Waals surface area (Å²) in [7, 11) is 2.74. The van der Waals surface area contributed by atoms with E-state index in [4.69, 9.17) is 10.00 Å². The molecule has 0 spiro atoms. The van der Waals surface area contributed by atoms with Gasteiger partial charge in [0.15, 0.2) is 5.75 Å². The van der Waals surface area contributed by atoms with E-state index in [1.165, 1.54) is 20.3 Å². The van der Waals surface area contributed by atoms with Crippen LogP contribution in [0.3, 0.4) is 0 Å². The number of ether oxygens (including phenoxy) is 2. The smallest absolute Gasteiger partial charge is 0.337 e. The average Bonchev–Trinajstić information content (AvgIpc) is 2.26. The Kier molecular flexibility index (Phi) is 3.69. The van der Waals surface area contributed by atoms with Crippen LogP contribution in [0.25, 0.3) is 0 Å². The molecule has 0 saturated heterocycles. The van der Waals surface area contributed by atoms with E-state index in [1.807, 2.05) is 6.07 Å². The molecule has 0 radical (unpaired) electrons. The summed E-state index contributed by atoms with van der Waals surface area (Å²) in [5.74, 6) is -0.0833. The number of carbonyl (C=O) groups excluding carboxylic acids is 1. The highest BCUT2D eigenvalue weighted by Crippen LogP contribution is 2.30. The topological polar surface area (TPSA) is 59.3 Å². The minimum absolute atomic E-state index is 0.285. The van der Waals surface area contributed by atoms with Gasteiger partial charge in [-0.2, -0.15) is 5.26 Å². The van der Waals surface area contributed by atoms with Crippen LogP contribution in [-0.2, 0) is 4.74 Å². The summed E-state index contributed by atoms with van der Waals surface area (Å²) in [6.07, 6.45) is 0. The minimum Gasteiger partial charge on any atom is -0.494 e. The highest BCUT2D eigenvalue weighted by Gasteiger charge is 2.14. The van der Waals surface area contributed by atoms with Crippen LogP contribution in [0.1, 0.15) is 15.9 Å². The second kappa shape index (κ2) is 4.80. The van der Waals surface area contributed by atoms with Gasteiger partial charge in [-0.05, 0) is 28.1 Å². The first-order valence-electron chi connectivity index (χ1n) is 4.00. The molecule has 0 heterocycles. The fourth-order valence-electron chi connectivity index (χ4n) is 1.12. The van der Waals surface area contributed by atoms with Crippen LogP contribution in [-0.4, -0.2) is 20.2 Å². The molecule has 1 rings (SSSR count). The molecule has 0 bridgehead atoms. The van der Waals surface area contributed by atoms with Crippen LogP contribution < -0.4 is 4.74 Å². The van der Waals surface area contributed by atoms with Gasteiger partial charge in [-0.25, -0.2) is 4.79 Å². The maximum absolute atomic E-state index is 11.2. The van der Waals surface area contributed by atoms with Gasteiger partial charge in [-0.15, -0.1) is 0 Å². The lowest BCUT2D eigenvalue weighted by Gasteiger charge is -2.07. The lowest BCUT2D eigenvalue weighted by atomic mass is 10.1. The highest BCUT2D eigenvalue weighted by atomic mass is 79.9. The number of methoxy groups -OCH3 is 2. The van der Waals surface area contributed by atoms with Crippen molar-refractivity contribution < 1.29 is 14.3 Å². The van der Waals surface area contributed by atoms with Crippen molar-refractivity contribution in [1.29, 1.82) is 5.26 Å². The van der Waals surface area contributed by atoms with Gasteiger partial charge < -0.3 is 9.47 Å². The van der Waals surface area contributed by atoms with Crippen molar-refractivity contribution in [2.24, 2.45) is 0 Å². The molecular weight excluding hydrogens is 262 g/mol. The van der Waals surface area contributed by atoms with Gasteiger partial charge in [-0.1, -0.05) is 0 Å². The molecule has 78 valence electrons. The second-order valence-electron chi connectivity index (χ2n) is 2.64. The molecule has 0 fully saturated rings. The van der Waals surface area contributed by atoms with E-state index in [0.29, 0.717) is 15.8 Å². The monoisotopic (exact) mass is 269 g/mol. The lowest BCUT2D eigenvalue weighted by molar-refractivity contribution is 0.0600. The summed E-state index contributed by atoms with van der Waals surface area (Å²) in [4.78, 5) is 11.2. The Morgan fingerprint density at radius 2 is 2.13 bits per heavy atom. The number of carbonyl (C=O) groups is 1. The van der Waals surface area contributed by atoms with E-state index in [0.717, 1.165) is 0 Å². The Hall–Kier alpha value is -1.54. The Morgan fingerprint density at radius 3 is 2.60 bits per heavy atom. The average molecular weight is 270 g/mol. The van der Waals surface area contributed by atoms with Gasteiger partial charge in [0.05, 0.1) is 29.8 Å². The number of hydrogen-bond donors (Lipinski definition) is 0. The number of nitrogens with zero attached hydrogens (tertiary/aromatic N) is 1. The normalized spacial score (nSPS) is 9.20. The fourth-order valence-corrected chi connectivity index (χ4v) is 1.74. The summed E-state index contributed by atoms with van der Waals surface area (Å²) in [5.41, 5.74) is 0.592. The van der Waals surface area contributed by atoms with Crippen LogP contribution in [0, 0.1) is 11.3 Å². The lowest BCUT2D eigenvalue weighted by Crippen LogP contribution is -2.02. The standard InChI is InChI=1S/C10H8BrNO3/c1-14-9-7(5-12)3-6(4-8(9)11)10(13)15-2/h3-4H,1-2H3. The maximum Gasteiger partial charge on any atom is 0.337 e. The van der Waals surface area contributed by atoms with E-state index in [-0.39, 0.29) is 5.56 Å². The van der Waals surface area contributed by atoms with E-state index in [2.05, 4.69) is 20.7 Å². The van der Waals surface area contributed by atoms with Gasteiger partial charge in [-0.3, -0.25) is 0 Å². The third-order valence-corrected chi connectivity index (χ3v) is 2.38. The second-order valence-corrected chi connectivity index (χ2v) is 3.50. The summed E-state index contributed by atoms with van der Waals surface area (Å²) in [5, 5.41) is 8.85. The molecule has 1 aromatic rings. The number of esters is 1. The van der Waals surface area contributed by atoms with Crippen molar-refractivity contribution in [3.05, 3.63) is 27.7 Å². The van der Waals surface area contributed by atoms with Gasteiger partial charge in [0.2, 0.25) is 0 Å². The van der Waals surface area contributed by atoms with Crippen LogP contribution >= 0.6 is 15.9 Å². The highest BCUT2D eigenvalue weighted by molar-refractivity contribution is 9.10. The van der Waals surface area contributed by atoms with Crippen LogP contribution in [0.5, 0.6) is 5.75 Å². The molecule has 4 nitrogen and oxygen atoms in total. The molecular formula is C10H8BrNO3. The number of hydrogen-bond acceptors (Lipinski definition) is 4. The predicted molar refractivity (Wildman–Crippen MR) is 56.7 cm³/mol. The number of halogens is 1. The molecule has 0 unspecified atom stereocenters. The van der Waals surface area contributed by atoms with Gasteiger partial charge in [0, 0.05) is 0 Å². The van der Waals surface area contributed by atoms with E-state index < -0.39 is 5.97 Å². The molecule has 0 atom stereocenters. The third kappa shape index (κ3) is 2.28. The molecule has 0 saturated carbocycles. The Labute approximate surface area is 95.5 Å². The number of rotatable bonds is 2. The zero-order chi connectivity index (χ0) is 11.4. The van der Waals surface area contributed by atoms with E-state index >= 15 is 0 Å². The predicted octanol–water partition coefficient (Wildman–Crippen LogP) is 2.12. The zero-order valence-electron chi connectivity index (χ0n) is 8.20. The van der Waals surface area contributed by atoms with Crippen LogP contribution in [0.4, 0.5) is 0 Å². The van der Waals surface area contributed by atoms with Crippen molar-refractivity contribution in [1.82, 2.24) is 0 Å².